The first-order chi connectivity index (χ1) is 11.2. The maximum atomic E-state index is 13.8. The molecule has 6 nitrogen and oxygen atoms in total. The Hall–Kier alpha value is -1.10. The summed E-state index contributed by atoms with van der Waals surface area (Å²) in [6, 6.07) is 2.93. The van der Waals surface area contributed by atoms with Gasteiger partial charge in [0.2, 0.25) is 10.0 Å². The van der Waals surface area contributed by atoms with E-state index < -0.39 is 36.4 Å². The van der Waals surface area contributed by atoms with Gasteiger partial charge in [-0.15, -0.1) is 0 Å². The molecule has 2 aliphatic rings. The van der Waals surface area contributed by atoms with Crippen molar-refractivity contribution in [3.63, 3.8) is 0 Å². The summed E-state index contributed by atoms with van der Waals surface area (Å²) < 4.78 is 76.8. The number of rotatable bonds is 3. The minimum absolute atomic E-state index is 0.0231. The Labute approximate surface area is 140 Å². The van der Waals surface area contributed by atoms with E-state index in [9.17, 15) is 25.6 Å². The maximum Gasteiger partial charge on any atom is 0.249 e. The Morgan fingerprint density at radius 3 is 2.21 bits per heavy atom. The predicted octanol–water partition coefficient (Wildman–Crippen LogP) is -0.959. The molecule has 3 rings (SSSR count). The largest absolute Gasteiger partial charge is 0.329 e. The zero-order chi connectivity index (χ0) is 17.5. The predicted molar refractivity (Wildman–Crippen MR) is 82.9 cm³/mol. The van der Waals surface area contributed by atoms with Crippen molar-refractivity contribution in [2.45, 2.75) is 17.4 Å². The number of halogens is 2. The summed E-state index contributed by atoms with van der Waals surface area (Å²) in [7, 11) is -7.23. The molecule has 0 aliphatic carbocycles. The van der Waals surface area contributed by atoms with E-state index in [4.69, 9.17) is 0 Å². The highest BCUT2D eigenvalue weighted by molar-refractivity contribution is 7.91. The van der Waals surface area contributed by atoms with Gasteiger partial charge in [0.25, 0.3) is 0 Å². The van der Waals surface area contributed by atoms with Gasteiger partial charge in [-0.1, -0.05) is 6.07 Å². The average Bonchev–Trinajstić information content (AvgIpc) is 2.87. The first-order valence-electron chi connectivity index (χ1n) is 7.70. The zero-order valence-corrected chi connectivity index (χ0v) is 14.5. The number of benzene rings is 1. The molecule has 1 aromatic carbocycles. The third-order valence-corrected chi connectivity index (χ3v) is 8.41. The van der Waals surface area contributed by atoms with E-state index >= 15 is 0 Å². The van der Waals surface area contributed by atoms with Crippen molar-refractivity contribution in [1.29, 1.82) is 0 Å². The summed E-state index contributed by atoms with van der Waals surface area (Å²) in [6.45, 7) is 1.08. The van der Waals surface area contributed by atoms with Gasteiger partial charge in [0, 0.05) is 6.42 Å². The summed E-state index contributed by atoms with van der Waals surface area (Å²) in [4.78, 5) is 0.119. The zero-order valence-electron chi connectivity index (χ0n) is 12.9. The normalized spacial score (nSPS) is 25.8. The second kappa shape index (κ2) is 6.32. The van der Waals surface area contributed by atoms with Crippen LogP contribution in [0.25, 0.3) is 0 Å². The molecular weight excluding hydrogens is 362 g/mol. The van der Waals surface area contributed by atoms with Gasteiger partial charge in [-0.05, 0) is 12.1 Å². The van der Waals surface area contributed by atoms with E-state index in [1.165, 1.54) is 0 Å². The molecule has 0 radical (unpaired) electrons. The summed E-state index contributed by atoms with van der Waals surface area (Å²) >= 11 is 0. The fraction of sp³-hybridized carbons (Fsp3) is 0.571. The van der Waals surface area contributed by atoms with Crippen molar-refractivity contribution >= 4 is 19.9 Å². The third-order valence-electron chi connectivity index (χ3n) is 4.69. The van der Waals surface area contributed by atoms with Crippen LogP contribution in [-0.2, 0) is 19.9 Å². The Morgan fingerprint density at radius 1 is 1.12 bits per heavy atom. The number of nitrogens with one attached hydrogen (secondary N) is 1. The molecule has 0 saturated carbocycles. The number of sulfonamides is 1. The van der Waals surface area contributed by atoms with E-state index in [-0.39, 0.29) is 30.6 Å². The van der Waals surface area contributed by atoms with Gasteiger partial charge in [-0.25, -0.2) is 25.6 Å². The van der Waals surface area contributed by atoms with Crippen molar-refractivity contribution in [1.82, 2.24) is 4.31 Å². The molecule has 10 heteroatoms. The Morgan fingerprint density at radius 2 is 1.71 bits per heavy atom. The lowest BCUT2D eigenvalue weighted by Crippen LogP contribution is -3.18. The van der Waals surface area contributed by atoms with Crippen LogP contribution in [0.2, 0.25) is 0 Å². The molecule has 0 amide bonds. The van der Waals surface area contributed by atoms with Gasteiger partial charge in [-0.3, -0.25) is 0 Å². The van der Waals surface area contributed by atoms with Crippen LogP contribution in [0.3, 0.4) is 0 Å². The quantitative estimate of drug-likeness (QED) is 0.732. The monoisotopic (exact) mass is 381 g/mol. The molecule has 1 aromatic rings. The van der Waals surface area contributed by atoms with Crippen LogP contribution in [0.4, 0.5) is 8.78 Å². The van der Waals surface area contributed by atoms with Crippen LogP contribution in [0.15, 0.2) is 23.1 Å². The van der Waals surface area contributed by atoms with Crippen LogP contribution in [0, 0.1) is 11.6 Å². The number of nitrogens with zero attached hydrogens (tertiary/aromatic N) is 1. The van der Waals surface area contributed by atoms with Gasteiger partial charge in [0.15, 0.2) is 14.7 Å². The van der Waals surface area contributed by atoms with Crippen LogP contribution in [0.5, 0.6) is 0 Å². The average molecular weight is 381 g/mol. The standard InChI is InChI=1S/C14H18F2N2O4S2/c15-12-2-1-3-13(16)14(12)24(21,22)18-7-5-17(6-8-18)11-4-9-23(19,20)10-11/h1-3,11H,4-10H2/p+1/t11-/m1/s1. The van der Waals surface area contributed by atoms with Crippen molar-refractivity contribution in [3.05, 3.63) is 29.8 Å². The first kappa shape index (κ1) is 17.7. The van der Waals surface area contributed by atoms with Crippen molar-refractivity contribution < 1.29 is 30.5 Å². The lowest BCUT2D eigenvalue weighted by Gasteiger charge is -2.34. The second-order valence-electron chi connectivity index (χ2n) is 6.21. The number of hydrogen-bond donors (Lipinski definition) is 1. The molecule has 24 heavy (non-hydrogen) atoms. The third kappa shape index (κ3) is 3.32. The first-order valence-corrected chi connectivity index (χ1v) is 11.0. The van der Waals surface area contributed by atoms with Crippen LogP contribution in [-0.4, -0.2) is 64.9 Å². The van der Waals surface area contributed by atoms with E-state index in [0.29, 0.717) is 19.5 Å². The number of hydrogen-bond acceptors (Lipinski definition) is 4. The van der Waals surface area contributed by atoms with Crippen LogP contribution >= 0.6 is 0 Å². The highest BCUT2D eigenvalue weighted by Crippen LogP contribution is 2.22. The molecule has 2 aliphatic heterocycles. The van der Waals surface area contributed by atoms with Crippen molar-refractivity contribution in [2.24, 2.45) is 0 Å². The fourth-order valence-corrected chi connectivity index (χ4v) is 6.77. The minimum Gasteiger partial charge on any atom is -0.329 e. The van der Waals surface area contributed by atoms with Gasteiger partial charge in [0.1, 0.15) is 23.4 Å². The SMILES string of the molecule is O=S1(=O)CC[C@@H]([NH+]2CCN(S(=O)(=O)c3c(F)cccc3F)CC2)C1. The van der Waals surface area contributed by atoms with Gasteiger partial charge < -0.3 is 4.90 Å². The molecular formula is C14H19F2N2O4S2+. The molecule has 1 N–H and O–H groups in total. The minimum atomic E-state index is -4.24. The van der Waals surface area contributed by atoms with Crippen molar-refractivity contribution in [3.8, 4) is 0 Å². The molecule has 2 fully saturated rings. The molecule has 0 bridgehead atoms. The Kier molecular flexibility index (Phi) is 4.67. The van der Waals surface area contributed by atoms with Gasteiger partial charge in [0.05, 0.1) is 31.9 Å². The second-order valence-corrected chi connectivity index (χ2v) is 10.3. The van der Waals surface area contributed by atoms with Crippen molar-refractivity contribution in [2.75, 3.05) is 37.7 Å². The Bertz CT molecular complexity index is 814. The smallest absolute Gasteiger partial charge is 0.249 e. The highest BCUT2D eigenvalue weighted by Gasteiger charge is 2.40. The van der Waals surface area contributed by atoms with E-state index in [1.54, 1.807) is 0 Å². The van der Waals surface area contributed by atoms with Crippen LogP contribution < -0.4 is 4.90 Å². The lowest BCUT2D eigenvalue weighted by molar-refractivity contribution is -0.925. The summed E-state index contributed by atoms with van der Waals surface area (Å²) in [5, 5.41) is 0. The van der Waals surface area contributed by atoms with Gasteiger partial charge in [-0.2, -0.15) is 4.31 Å². The summed E-state index contributed by atoms with van der Waals surface area (Å²) in [5.74, 6) is -1.92. The number of sulfone groups is 1. The molecule has 0 aromatic heterocycles. The lowest BCUT2D eigenvalue weighted by atomic mass is 10.2. The van der Waals surface area contributed by atoms with E-state index in [2.05, 4.69) is 0 Å². The fourth-order valence-electron chi connectivity index (χ4n) is 3.40. The molecule has 134 valence electrons. The molecule has 1 atom stereocenters. The number of quaternary nitrogens is 1. The summed E-state index contributed by atoms with van der Waals surface area (Å²) in [5.41, 5.74) is 0. The molecule has 0 spiro atoms. The highest BCUT2D eigenvalue weighted by atomic mass is 32.2. The van der Waals surface area contributed by atoms with E-state index in [1.807, 2.05) is 0 Å². The van der Waals surface area contributed by atoms with Gasteiger partial charge >= 0.3 is 0 Å². The Balaban J connectivity index is 1.72. The van der Waals surface area contributed by atoms with E-state index in [0.717, 1.165) is 27.4 Å². The summed E-state index contributed by atoms with van der Waals surface area (Å²) in [6.07, 6.45) is 0.576. The van der Waals surface area contributed by atoms with Crippen LogP contribution in [0.1, 0.15) is 6.42 Å². The molecule has 2 heterocycles. The molecule has 2 saturated heterocycles. The topological polar surface area (TPSA) is 76.0 Å². The number of piperazine rings is 1. The molecule has 0 unspecified atom stereocenters. The maximum absolute atomic E-state index is 13.8.